The summed E-state index contributed by atoms with van der Waals surface area (Å²) in [5.74, 6) is 5.82. The van der Waals surface area contributed by atoms with Crippen LogP contribution in [0.2, 0.25) is 0 Å². The largest absolute Gasteiger partial charge is 0.320 e. The predicted molar refractivity (Wildman–Crippen MR) is 74.6 cm³/mol. The molecule has 1 rings (SSSR count). The van der Waals surface area contributed by atoms with Crippen LogP contribution in [0.5, 0.6) is 0 Å². The van der Waals surface area contributed by atoms with Crippen LogP contribution in [0.15, 0.2) is 24.3 Å². The molecule has 0 spiro atoms. The highest BCUT2D eigenvalue weighted by Gasteiger charge is 2.12. The number of rotatable bonds is 4. The normalized spacial score (nSPS) is 10.9. The lowest BCUT2D eigenvalue weighted by atomic mass is 10.2. The first-order valence-corrected chi connectivity index (χ1v) is 7.37. The zero-order chi connectivity index (χ0) is 13.6. The number of hydrogen-bond acceptors (Lipinski definition) is 3. The summed E-state index contributed by atoms with van der Waals surface area (Å²) in [6.07, 6.45) is 0. The van der Waals surface area contributed by atoms with E-state index in [2.05, 4.69) is 16.6 Å². The molecule has 1 aromatic rings. The fourth-order valence-electron chi connectivity index (χ4n) is 1.43. The highest BCUT2D eigenvalue weighted by molar-refractivity contribution is 7.92. The third-order valence-electron chi connectivity index (χ3n) is 2.05. The summed E-state index contributed by atoms with van der Waals surface area (Å²) >= 11 is 0. The Bertz CT molecular complexity index is 537. The Kier molecular flexibility index (Phi) is 5.20. The highest BCUT2D eigenvalue weighted by Crippen LogP contribution is 2.12. The van der Waals surface area contributed by atoms with Gasteiger partial charge in [0.15, 0.2) is 0 Å². The van der Waals surface area contributed by atoms with E-state index in [0.717, 1.165) is 5.56 Å². The third-order valence-corrected chi connectivity index (χ3v) is 3.70. The Morgan fingerprint density at radius 3 is 2.39 bits per heavy atom. The standard InChI is InChI=1S/C13H18N2O2S/c1-11(2)10-18(16,17)15-13-7-5-12(6-8-13)4-3-9-14/h5-8,11,15H,9-10,14H2,1-2H3. The van der Waals surface area contributed by atoms with Crippen molar-refractivity contribution in [2.24, 2.45) is 11.7 Å². The molecular formula is C13H18N2O2S. The first-order chi connectivity index (χ1) is 8.43. The van der Waals surface area contributed by atoms with Gasteiger partial charge in [0.1, 0.15) is 0 Å². The quantitative estimate of drug-likeness (QED) is 0.809. The van der Waals surface area contributed by atoms with Gasteiger partial charge >= 0.3 is 0 Å². The summed E-state index contributed by atoms with van der Waals surface area (Å²) in [5, 5.41) is 0. The van der Waals surface area contributed by atoms with Gasteiger partial charge in [0.05, 0.1) is 12.3 Å². The number of anilines is 1. The smallest absolute Gasteiger partial charge is 0.232 e. The minimum absolute atomic E-state index is 0.0946. The minimum atomic E-state index is -3.27. The van der Waals surface area contributed by atoms with E-state index in [1.807, 2.05) is 13.8 Å². The van der Waals surface area contributed by atoms with Crippen LogP contribution in [-0.2, 0) is 10.0 Å². The molecule has 0 unspecified atom stereocenters. The van der Waals surface area contributed by atoms with Gasteiger partial charge in [-0.1, -0.05) is 25.7 Å². The number of hydrogen-bond donors (Lipinski definition) is 2. The molecule has 98 valence electrons. The van der Waals surface area contributed by atoms with E-state index < -0.39 is 10.0 Å². The molecule has 4 nitrogen and oxygen atoms in total. The van der Waals surface area contributed by atoms with Crippen LogP contribution in [0.3, 0.4) is 0 Å². The summed E-state index contributed by atoms with van der Waals surface area (Å²) < 4.78 is 26.0. The average molecular weight is 266 g/mol. The van der Waals surface area contributed by atoms with Crippen LogP contribution in [0.25, 0.3) is 0 Å². The first-order valence-electron chi connectivity index (χ1n) is 5.72. The van der Waals surface area contributed by atoms with Crippen molar-refractivity contribution in [1.29, 1.82) is 0 Å². The van der Waals surface area contributed by atoms with Crippen molar-refractivity contribution in [2.75, 3.05) is 17.0 Å². The molecule has 1 aromatic carbocycles. The van der Waals surface area contributed by atoms with Crippen LogP contribution in [0, 0.1) is 17.8 Å². The first kappa shape index (κ1) is 14.6. The van der Waals surface area contributed by atoms with Gasteiger partial charge in [-0.15, -0.1) is 0 Å². The Labute approximate surface area is 109 Å². The second-order valence-electron chi connectivity index (χ2n) is 4.36. The molecule has 0 aliphatic heterocycles. The van der Waals surface area contributed by atoms with Crippen molar-refractivity contribution >= 4 is 15.7 Å². The maximum atomic E-state index is 11.7. The van der Waals surface area contributed by atoms with E-state index in [9.17, 15) is 8.42 Å². The molecule has 0 saturated heterocycles. The van der Waals surface area contributed by atoms with Crippen molar-refractivity contribution in [3.63, 3.8) is 0 Å². The van der Waals surface area contributed by atoms with E-state index in [1.54, 1.807) is 24.3 Å². The molecule has 0 bridgehead atoms. The van der Waals surface area contributed by atoms with Crippen LogP contribution >= 0.6 is 0 Å². The summed E-state index contributed by atoms with van der Waals surface area (Å²) in [7, 11) is -3.27. The Morgan fingerprint density at radius 2 is 1.89 bits per heavy atom. The second-order valence-corrected chi connectivity index (χ2v) is 6.13. The summed E-state index contributed by atoms with van der Waals surface area (Å²) in [6, 6.07) is 6.91. The molecule has 0 aromatic heterocycles. The van der Waals surface area contributed by atoms with Crippen LogP contribution in [0.4, 0.5) is 5.69 Å². The van der Waals surface area contributed by atoms with Gasteiger partial charge in [-0.25, -0.2) is 8.42 Å². The zero-order valence-corrected chi connectivity index (χ0v) is 11.4. The number of benzene rings is 1. The van der Waals surface area contributed by atoms with E-state index in [4.69, 9.17) is 5.73 Å². The van der Waals surface area contributed by atoms with Crippen molar-refractivity contribution in [3.05, 3.63) is 29.8 Å². The van der Waals surface area contributed by atoms with E-state index in [-0.39, 0.29) is 11.7 Å². The van der Waals surface area contributed by atoms with Crippen molar-refractivity contribution in [3.8, 4) is 11.8 Å². The fourth-order valence-corrected chi connectivity index (χ4v) is 2.89. The zero-order valence-electron chi connectivity index (χ0n) is 10.6. The molecule has 0 heterocycles. The molecule has 0 amide bonds. The lowest BCUT2D eigenvalue weighted by molar-refractivity contribution is 0.587. The molecule has 0 fully saturated rings. The molecule has 18 heavy (non-hydrogen) atoms. The van der Waals surface area contributed by atoms with Crippen LogP contribution in [-0.4, -0.2) is 20.7 Å². The van der Waals surface area contributed by atoms with Gasteiger partial charge in [0.25, 0.3) is 0 Å². The molecule has 0 atom stereocenters. The van der Waals surface area contributed by atoms with Gasteiger partial charge < -0.3 is 5.73 Å². The SMILES string of the molecule is CC(C)CS(=O)(=O)Nc1ccc(C#CCN)cc1. The van der Waals surface area contributed by atoms with E-state index in [1.165, 1.54) is 0 Å². The van der Waals surface area contributed by atoms with Gasteiger partial charge in [-0.3, -0.25) is 4.72 Å². The maximum Gasteiger partial charge on any atom is 0.232 e. The highest BCUT2D eigenvalue weighted by atomic mass is 32.2. The summed E-state index contributed by atoms with van der Waals surface area (Å²) in [5.41, 5.74) is 6.63. The molecular weight excluding hydrogens is 248 g/mol. The van der Waals surface area contributed by atoms with Crippen LogP contribution < -0.4 is 10.5 Å². The predicted octanol–water partition coefficient (Wildman–Crippen LogP) is 1.39. The molecule has 0 saturated carbocycles. The number of nitrogens with two attached hydrogens (primary N) is 1. The number of nitrogens with one attached hydrogen (secondary N) is 1. The lowest BCUT2D eigenvalue weighted by Gasteiger charge is -2.09. The average Bonchev–Trinajstić information content (AvgIpc) is 2.26. The fraction of sp³-hybridized carbons (Fsp3) is 0.385. The van der Waals surface area contributed by atoms with Gasteiger partial charge in [-0.2, -0.15) is 0 Å². The van der Waals surface area contributed by atoms with Crippen molar-refractivity contribution in [1.82, 2.24) is 0 Å². The Balaban J connectivity index is 2.75. The van der Waals surface area contributed by atoms with Crippen molar-refractivity contribution < 1.29 is 8.42 Å². The van der Waals surface area contributed by atoms with E-state index in [0.29, 0.717) is 12.2 Å². The topological polar surface area (TPSA) is 72.2 Å². The van der Waals surface area contributed by atoms with Crippen LogP contribution in [0.1, 0.15) is 19.4 Å². The molecule has 3 N–H and O–H groups in total. The molecule has 0 radical (unpaired) electrons. The Morgan fingerprint density at radius 1 is 1.28 bits per heavy atom. The molecule has 0 aliphatic rings. The Hall–Kier alpha value is -1.51. The van der Waals surface area contributed by atoms with Gasteiger partial charge in [0.2, 0.25) is 10.0 Å². The number of sulfonamides is 1. The maximum absolute atomic E-state index is 11.7. The van der Waals surface area contributed by atoms with E-state index >= 15 is 0 Å². The molecule has 0 aliphatic carbocycles. The second kappa shape index (κ2) is 6.43. The summed E-state index contributed by atoms with van der Waals surface area (Å²) in [4.78, 5) is 0. The minimum Gasteiger partial charge on any atom is -0.320 e. The third kappa shape index (κ3) is 5.21. The van der Waals surface area contributed by atoms with Crippen molar-refractivity contribution in [2.45, 2.75) is 13.8 Å². The van der Waals surface area contributed by atoms with Gasteiger partial charge in [-0.05, 0) is 30.2 Å². The molecule has 5 heteroatoms. The van der Waals surface area contributed by atoms with Gasteiger partial charge in [0, 0.05) is 11.3 Å². The lowest BCUT2D eigenvalue weighted by Crippen LogP contribution is -2.19. The monoisotopic (exact) mass is 266 g/mol. The summed E-state index contributed by atoms with van der Waals surface area (Å²) in [6.45, 7) is 4.04.